The number of fused-ring (bicyclic) bond motifs is 20. The van der Waals surface area contributed by atoms with Gasteiger partial charge >= 0.3 is 5.97 Å². The zero-order chi connectivity index (χ0) is 74.2. The average molecular weight is 1480 g/mol. The number of unbranched alkanes of at least 4 members (excludes halogenated alkanes) is 42. The van der Waals surface area contributed by atoms with Crippen LogP contribution in [0.4, 0.5) is 0 Å². The van der Waals surface area contributed by atoms with Crippen LogP contribution in [0, 0.1) is 88.8 Å². The van der Waals surface area contributed by atoms with Crippen molar-refractivity contribution in [2.24, 2.45) is 88.8 Å². The minimum atomic E-state index is -0.620. The maximum absolute atomic E-state index is 12.4. The van der Waals surface area contributed by atoms with Gasteiger partial charge in [0.2, 0.25) is 0 Å². The van der Waals surface area contributed by atoms with Crippen LogP contribution in [0.15, 0.2) is 0 Å². The normalized spacial score (nSPS) is 34.1. The number of nitrogens with one attached hydrogen (secondary N) is 8. The molecule has 9 aliphatic rings. The van der Waals surface area contributed by atoms with E-state index in [2.05, 4.69) is 46.9 Å². The molecule has 0 aromatic carbocycles. The summed E-state index contributed by atoms with van der Waals surface area (Å²) in [5, 5.41) is 48.7. The maximum Gasteiger partial charge on any atom is 0.303 e. The number of carboxylic acids is 1. The van der Waals surface area contributed by atoms with Gasteiger partial charge in [0.05, 0.1) is 49.3 Å². The van der Waals surface area contributed by atoms with Gasteiger partial charge in [0.15, 0.2) is 0 Å². The third kappa shape index (κ3) is 28.6. The van der Waals surface area contributed by atoms with Crippen molar-refractivity contribution >= 4 is 5.97 Å². The highest BCUT2D eigenvalue weighted by Gasteiger charge is 2.61. The summed E-state index contributed by atoms with van der Waals surface area (Å²) < 4.78 is 0. The van der Waals surface area contributed by atoms with Gasteiger partial charge in [-0.3, -0.25) is 47.3 Å². The van der Waals surface area contributed by atoms with Crippen LogP contribution < -0.4 is 42.5 Å². The van der Waals surface area contributed by atoms with E-state index in [9.17, 15) is 9.90 Å². The van der Waals surface area contributed by atoms with Crippen LogP contribution in [0.3, 0.4) is 0 Å². The average Bonchev–Trinajstić information content (AvgIpc) is 1.58. The zero-order valence-corrected chi connectivity index (χ0v) is 71.3. The molecule has 5 heterocycles. The topological polar surface area (TPSA) is 134 Å². The van der Waals surface area contributed by atoms with Gasteiger partial charge in [-0.05, 0) is 147 Å². The smallest absolute Gasteiger partial charge is 0.303 e. The van der Waals surface area contributed by atoms with Crippen LogP contribution in [0.1, 0.15) is 465 Å². The van der Waals surface area contributed by atoms with Crippen molar-refractivity contribution in [1.82, 2.24) is 42.5 Å². The summed E-state index contributed by atoms with van der Waals surface area (Å²) in [7, 11) is 0. The largest absolute Gasteiger partial charge is 0.481 e. The van der Waals surface area contributed by atoms with Crippen LogP contribution in [0.2, 0.25) is 0 Å². The number of hydrogen-bond donors (Lipinski definition) is 9. The van der Waals surface area contributed by atoms with Crippen LogP contribution >= 0.6 is 0 Å². The highest BCUT2D eigenvalue weighted by Crippen LogP contribution is 2.55. The molecule has 0 aromatic heterocycles. The Balaban J connectivity index is 1.11. The van der Waals surface area contributed by atoms with E-state index in [0.717, 1.165) is 48.3 Å². The molecule has 9 rings (SSSR count). The Morgan fingerprint density at radius 2 is 0.396 bits per heavy atom. The Labute approximate surface area is 658 Å². The molecule has 0 spiro atoms. The molecule has 4 saturated carbocycles. The second-order valence-corrected chi connectivity index (χ2v) is 38.7. The van der Waals surface area contributed by atoms with Gasteiger partial charge in [0.25, 0.3) is 0 Å². The minimum Gasteiger partial charge on any atom is -0.481 e. The Morgan fingerprint density at radius 3 is 0.613 bits per heavy atom. The molecular formula is C96H182N8O2. The monoisotopic (exact) mass is 1480 g/mol. The molecule has 9 fully saturated rings. The third-order valence-corrected chi connectivity index (χ3v) is 31.0. The van der Waals surface area contributed by atoms with Crippen molar-refractivity contribution in [2.75, 3.05) is 0 Å². The molecule has 618 valence electrons. The lowest BCUT2D eigenvalue weighted by atomic mass is 9.62. The number of carboxylic acid groups (broad SMARTS) is 1. The Morgan fingerprint density at radius 1 is 0.217 bits per heavy atom. The molecule has 23 atom stereocenters. The lowest BCUT2D eigenvalue weighted by molar-refractivity contribution is -0.137. The van der Waals surface area contributed by atoms with Crippen LogP contribution in [0.5, 0.6) is 0 Å². The van der Waals surface area contributed by atoms with E-state index >= 15 is 0 Å². The highest BCUT2D eigenvalue weighted by atomic mass is 16.4. The number of aliphatic carboxylic acids is 1. The van der Waals surface area contributed by atoms with Crippen molar-refractivity contribution in [3.63, 3.8) is 0 Å². The van der Waals surface area contributed by atoms with Gasteiger partial charge in [-0.1, -0.05) is 401 Å². The molecule has 4 aliphatic carbocycles. The fourth-order valence-corrected chi connectivity index (χ4v) is 25.4. The molecular weight excluding hydrogens is 1300 g/mol. The van der Waals surface area contributed by atoms with Crippen LogP contribution in [-0.2, 0) is 4.79 Å². The van der Waals surface area contributed by atoms with Gasteiger partial charge in [0, 0.05) is 6.42 Å². The summed E-state index contributed by atoms with van der Waals surface area (Å²) in [6.07, 6.45) is 92.1. The van der Waals surface area contributed by atoms with Crippen molar-refractivity contribution in [2.45, 2.75) is 515 Å². The minimum absolute atomic E-state index is 0.185. The predicted octanol–water partition coefficient (Wildman–Crippen LogP) is 25.6. The number of carbonyl (C=O) groups is 1. The lowest BCUT2D eigenvalue weighted by Crippen LogP contribution is -2.62. The van der Waals surface area contributed by atoms with E-state index in [1.165, 1.54) is 405 Å². The maximum atomic E-state index is 12.4. The zero-order valence-electron chi connectivity index (χ0n) is 71.3. The molecule has 9 N–H and O–H groups in total. The van der Waals surface area contributed by atoms with E-state index < -0.39 is 5.97 Å². The summed E-state index contributed by atoms with van der Waals surface area (Å²) in [4.78, 5) is 12.4. The fraction of sp³-hybridized carbons (Fsp3) is 0.990. The SMILES string of the molecule is CCCCCCCCCCC1CCC(CCCCCCCCCC)C2C3NC(NC4NC(NC5NC(NC6NC(N3)C3C(CCCCCCCCCC)CCC(CCCCCCCCCC)C63)C3C(CCCCCCCCCC)CCC(CCCCCCCCCC)C53)C3C(CCCC(=O)O)CCCC43)C12. The van der Waals surface area contributed by atoms with E-state index in [1.807, 2.05) is 0 Å². The first-order valence-corrected chi connectivity index (χ1v) is 49.6. The van der Waals surface area contributed by atoms with Crippen LogP contribution in [0.25, 0.3) is 0 Å². The Bertz CT molecular complexity index is 2200. The number of hydrogen-bond acceptors (Lipinski definition) is 9. The van der Waals surface area contributed by atoms with E-state index in [0.29, 0.717) is 59.7 Å². The number of rotatable bonds is 58. The van der Waals surface area contributed by atoms with Crippen molar-refractivity contribution in [1.29, 1.82) is 0 Å². The highest BCUT2D eigenvalue weighted by molar-refractivity contribution is 5.66. The molecule has 23 unspecified atom stereocenters. The first kappa shape index (κ1) is 89.1. The molecule has 106 heavy (non-hydrogen) atoms. The molecule has 0 radical (unpaired) electrons. The van der Waals surface area contributed by atoms with E-state index in [-0.39, 0.29) is 49.3 Å². The Kier molecular flexibility index (Phi) is 44.2. The van der Waals surface area contributed by atoms with Crippen LogP contribution in [-0.4, -0.2) is 60.4 Å². The predicted molar refractivity (Wildman–Crippen MR) is 454 cm³/mol. The molecule has 5 saturated heterocycles. The Hall–Kier alpha value is -0.850. The van der Waals surface area contributed by atoms with Crippen molar-refractivity contribution in [3.05, 3.63) is 0 Å². The van der Waals surface area contributed by atoms with Gasteiger partial charge in [-0.25, -0.2) is 0 Å². The van der Waals surface area contributed by atoms with Gasteiger partial charge in [0.1, 0.15) is 0 Å². The summed E-state index contributed by atoms with van der Waals surface area (Å²) >= 11 is 0. The summed E-state index contributed by atoms with van der Waals surface area (Å²) in [6.45, 7) is 14.2. The summed E-state index contributed by atoms with van der Waals surface area (Å²) in [5.74, 6) is 8.97. The lowest BCUT2D eigenvalue weighted by Gasteiger charge is -2.46. The summed E-state index contributed by atoms with van der Waals surface area (Å²) in [5.41, 5.74) is 0. The third-order valence-electron chi connectivity index (χ3n) is 31.0. The van der Waals surface area contributed by atoms with Gasteiger partial charge < -0.3 is 5.11 Å². The first-order chi connectivity index (χ1) is 52.3. The van der Waals surface area contributed by atoms with E-state index in [4.69, 9.17) is 37.2 Å². The summed E-state index contributed by atoms with van der Waals surface area (Å²) in [6, 6.07) is 0. The van der Waals surface area contributed by atoms with Gasteiger partial charge in [-0.2, -0.15) is 0 Å². The molecule has 10 nitrogen and oxygen atoms in total. The second-order valence-electron chi connectivity index (χ2n) is 38.7. The molecule has 0 aromatic rings. The quantitative estimate of drug-likeness (QED) is 0.0271. The molecule has 8 bridgehead atoms. The van der Waals surface area contributed by atoms with Crippen molar-refractivity contribution in [3.8, 4) is 0 Å². The van der Waals surface area contributed by atoms with Gasteiger partial charge in [-0.15, -0.1) is 0 Å². The molecule has 10 heteroatoms. The molecule has 5 aliphatic heterocycles. The first-order valence-electron chi connectivity index (χ1n) is 49.6. The second kappa shape index (κ2) is 52.6. The van der Waals surface area contributed by atoms with Crippen molar-refractivity contribution < 1.29 is 9.90 Å². The fourth-order valence-electron chi connectivity index (χ4n) is 25.4. The van der Waals surface area contributed by atoms with E-state index in [1.54, 1.807) is 0 Å². The molecule has 0 amide bonds. The standard InChI is InChI=1S/C96H182N8O2/c1-7-13-19-25-31-37-43-49-57-74-67-68-75(58-50-44-38-32-26-20-14-8-2)84-83(74)91-98-89-80-65-55-63-73(64-56-66-81(105)106)82(80)90(97-89)99-92-85-76(59-51-45-39-33-27-21-15-9-3)69-70-77(60-52-46-40-34-28-22-16-10-4)86(85)94(101-92)103-96-88-79(62-54-48-42-36-30-24-18-12-6)72-71-78(61-53-47-41-35-29-23-17-11-5)87(88)95(104-96)102-93(84)100-91/h73-80,82-104H,7-72H2,1-6H3,(H,105,106).